The molecule has 0 aliphatic carbocycles. The highest BCUT2D eigenvalue weighted by Crippen LogP contribution is 2.21. The molecule has 0 aliphatic heterocycles. The summed E-state index contributed by atoms with van der Waals surface area (Å²) in [6, 6.07) is 10.5. The summed E-state index contributed by atoms with van der Waals surface area (Å²) in [4.78, 5) is 0. The van der Waals surface area contributed by atoms with E-state index < -0.39 is 0 Å². The molecule has 0 atom stereocenters. The maximum Gasteiger partial charge on any atom is 0.223 e. The van der Waals surface area contributed by atoms with Gasteiger partial charge in [0.2, 0.25) is 6.20 Å². The van der Waals surface area contributed by atoms with Crippen LogP contribution in [0.1, 0.15) is 5.56 Å². The molecule has 100 valence electrons. The quantitative estimate of drug-likeness (QED) is 0.288. The van der Waals surface area contributed by atoms with Crippen LogP contribution in [0.2, 0.25) is 0 Å². The molecule has 0 spiro atoms. The Balaban J connectivity index is 0.00000180. The van der Waals surface area contributed by atoms with Gasteiger partial charge >= 0.3 is 0 Å². The molecule has 0 aliphatic rings. The van der Waals surface area contributed by atoms with Crippen molar-refractivity contribution in [2.45, 2.75) is 0 Å². The lowest BCUT2D eigenvalue weighted by Gasteiger charge is -2.06. The summed E-state index contributed by atoms with van der Waals surface area (Å²) in [5.74, 6) is 1.12. The van der Waals surface area contributed by atoms with Crippen molar-refractivity contribution in [2.75, 3.05) is 6.26 Å². The van der Waals surface area contributed by atoms with Crippen LogP contribution >= 0.6 is 35.7 Å². The third-order valence-corrected chi connectivity index (χ3v) is 2.95. The molecular formula is C13H13IN2O2S. The fourth-order valence-electron chi connectivity index (χ4n) is 1.42. The minimum Gasteiger partial charge on any atom is -0.619 e. The number of nitrogens with one attached hydrogen (secondary N) is 1. The maximum absolute atomic E-state index is 11.1. The Morgan fingerprint density at radius 2 is 1.89 bits per heavy atom. The molecule has 1 aromatic heterocycles. The van der Waals surface area contributed by atoms with Crippen LogP contribution in [0.3, 0.4) is 0 Å². The molecule has 4 nitrogen and oxygen atoms in total. The molecule has 0 saturated heterocycles. The Kier molecular flexibility index (Phi) is 6.10. The standard InChI is InChI=1S/C13H12N2O2S.HI/c1-18-13(14)10-4-6-11(7-5-10)17-12-3-2-8-15(16)9-12;/h2-9,14H,1H3;1H. The van der Waals surface area contributed by atoms with Crippen molar-refractivity contribution in [1.29, 1.82) is 5.41 Å². The number of nitrogens with zero attached hydrogens (tertiary/aromatic N) is 1. The van der Waals surface area contributed by atoms with E-state index in [2.05, 4.69) is 0 Å². The van der Waals surface area contributed by atoms with Gasteiger partial charge in [0.05, 0.1) is 5.04 Å². The molecule has 6 heteroatoms. The summed E-state index contributed by atoms with van der Waals surface area (Å²) in [6.07, 6.45) is 4.62. The fourth-order valence-corrected chi connectivity index (χ4v) is 1.79. The van der Waals surface area contributed by atoms with Gasteiger partial charge in [0.25, 0.3) is 0 Å². The minimum atomic E-state index is 0. The number of benzene rings is 1. The van der Waals surface area contributed by atoms with Crippen LogP contribution in [0, 0.1) is 10.6 Å². The van der Waals surface area contributed by atoms with Crippen LogP contribution in [0.15, 0.2) is 48.8 Å². The topological polar surface area (TPSA) is 60.0 Å². The molecule has 0 fully saturated rings. The molecule has 0 radical (unpaired) electrons. The molecule has 0 unspecified atom stereocenters. The van der Waals surface area contributed by atoms with Gasteiger partial charge in [-0.05, 0) is 36.6 Å². The van der Waals surface area contributed by atoms with E-state index in [0.29, 0.717) is 21.3 Å². The number of rotatable bonds is 3. The second-order valence-electron chi connectivity index (χ2n) is 3.56. The van der Waals surface area contributed by atoms with Crippen LogP contribution < -0.4 is 9.47 Å². The first-order valence-corrected chi connectivity index (χ1v) is 6.51. The van der Waals surface area contributed by atoms with E-state index in [1.54, 1.807) is 24.3 Å². The van der Waals surface area contributed by atoms with Crippen molar-refractivity contribution in [2.24, 2.45) is 0 Å². The maximum atomic E-state index is 11.1. The summed E-state index contributed by atoms with van der Waals surface area (Å²) in [6.45, 7) is 0. The Bertz CT molecular complexity index is 561. The predicted octanol–water partition coefficient (Wildman–Crippen LogP) is 3.42. The smallest absolute Gasteiger partial charge is 0.223 e. The number of halogens is 1. The van der Waals surface area contributed by atoms with Gasteiger partial charge in [-0.3, -0.25) is 5.41 Å². The SMILES string of the molecule is CSC(=N)c1ccc(Oc2ccc[n+]([O-])c2)cc1.I. The molecule has 2 rings (SSSR count). The van der Waals surface area contributed by atoms with E-state index in [9.17, 15) is 5.21 Å². The van der Waals surface area contributed by atoms with Crippen molar-refractivity contribution in [3.63, 3.8) is 0 Å². The van der Waals surface area contributed by atoms with Crippen LogP contribution in [0.4, 0.5) is 0 Å². The first kappa shape index (κ1) is 15.8. The van der Waals surface area contributed by atoms with E-state index >= 15 is 0 Å². The number of hydrogen-bond acceptors (Lipinski definition) is 4. The molecule has 19 heavy (non-hydrogen) atoms. The Morgan fingerprint density at radius 1 is 1.21 bits per heavy atom. The van der Waals surface area contributed by atoms with Crippen molar-refractivity contribution >= 4 is 40.8 Å². The summed E-state index contributed by atoms with van der Waals surface area (Å²) in [7, 11) is 0. The molecule has 1 heterocycles. The van der Waals surface area contributed by atoms with Crippen LogP contribution in [0.5, 0.6) is 11.5 Å². The van der Waals surface area contributed by atoms with Gasteiger partial charge < -0.3 is 9.94 Å². The summed E-state index contributed by atoms with van der Waals surface area (Å²) in [5.41, 5.74) is 0.849. The summed E-state index contributed by atoms with van der Waals surface area (Å²) in [5, 5.41) is 19.3. The minimum absolute atomic E-state index is 0. The molecule has 0 amide bonds. The average molecular weight is 388 g/mol. The lowest BCUT2D eigenvalue weighted by molar-refractivity contribution is -0.605. The number of aromatic nitrogens is 1. The van der Waals surface area contributed by atoms with E-state index in [-0.39, 0.29) is 24.0 Å². The molecule has 0 bridgehead atoms. The molecule has 0 saturated carbocycles. The monoisotopic (exact) mass is 388 g/mol. The lowest BCUT2D eigenvalue weighted by atomic mass is 10.2. The third-order valence-electron chi connectivity index (χ3n) is 2.30. The van der Waals surface area contributed by atoms with Crippen molar-refractivity contribution in [3.05, 3.63) is 59.6 Å². The first-order chi connectivity index (χ1) is 8.69. The van der Waals surface area contributed by atoms with E-state index in [1.807, 2.05) is 18.4 Å². The van der Waals surface area contributed by atoms with Crippen LogP contribution in [0.25, 0.3) is 0 Å². The normalized spacial score (nSPS) is 9.53. The van der Waals surface area contributed by atoms with Crippen LogP contribution in [-0.2, 0) is 0 Å². The zero-order chi connectivity index (χ0) is 13.0. The Hall–Kier alpha value is -1.28. The van der Waals surface area contributed by atoms with Crippen molar-refractivity contribution in [3.8, 4) is 11.5 Å². The van der Waals surface area contributed by atoms with Gasteiger partial charge in [0.1, 0.15) is 5.75 Å². The molecular weight excluding hydrogens is 375 g/mol. The van der Waals surface area contributed by atoms with Crippen molar-refractivity contribution in [1.82, 2.24) is 0 Å². The van der Waals surface area contributed by atoms with E-state index in [0.717, 1.165) is 5.56 Å². The van der Waals surface area contributed by atoms with Gasteiger partial charge in [-0.15, -0.1) is 35.7 Å². The largest absolute Gasteiger partial charge is 0.619 e. The number of pyridine rings is 1. The van der Waals surface area contributed by atoms with Gasteiger partial charge in [-0.1, -0.05) is 0 Å². The van der Waals surface area contributed by atoms with E-state index in [1.165, 1.54) is 24.2 Å². The number of ether oxygens (including phenoxy) is 1. The molecule has 2 aromatic rings. The molecule has 1 aromatic carbocycles. The lowest BCUT2D eigenvalue weighted by Crippen LogP contribution is -2.23. The third kappa shape index (κ3) is 4.39. The number of thioether (sulfide) groups is 1. The highest BCUT2D eigenvalue weighted by Gasteiger charge is 2.03. The zero-order valence-corrected chi connectivity index (χ0v) is 13.3. The van der Waals surface area contributed by atoms with E-state index in [4.69, 9.17) is 10.1 Å². The summed E-state index contributed by atoms with van der Waals surface area (Å²) >= 11 is 1.39. The summed E-state index contributed by atoms with van der Waals surface area (Å²) < 4.78 is 6.22. The van der Waals surface area contributed by atoms with Crippen LogP contribution in [-0.4, -0.2) is 11.3 Å². The van der Waals surface area contributed by atoms with Gasteiger partial charge in [-0.25, -0.2) is 0 Å². The first-order valence-electron chi connectivity index (χ1n) is 5.28. The van der Waals surface area contributed by atoms with Crippen molar-refractivity contribution < 1.29 is 9.47 Å². The molecule has 1 N–H and O–H groups in total. The second kappa shape index (κ2) is 7.34. The second-order valence-corrected chi connectivity index (χ2v) is 4.38. The van der Waals surface area contributed by atoms with Gasteiger partial charge in [0.15, 0.2) is 11.9 Å². The Labute approximate surface area is 132 Å². The highest BCUT2D eigenvalue weighted by atomic mass is 127. The fraction of sp³-hybridized carbons (Fsp3) is 0.0769. The number of hydrogen-bond donors (Lipinski definition) is 1. The highest BCUT2D eigenvalue weighted by molar-refractivity contribution is 14.0. The Morgan fingerprint density at radius 3 is 2.47 bits per heavy atom. The predicted molar refractivity (Wildman–Crippen MR) is 87.7 cm³/mol. The average Bonchev–Trinajstić information content (AvgIpc) is 2.39. The van der Waals surface area contributed by atoms with Gasteiger partial charge in [-0.2, -0.15) is 4.73 Å². The van der Waals surface area contributed by atoms with Gasteiger partial charge in [0, 0.05) is 11.6 Å². The zero-order valence-electron chi connectivity index (χ0n) is 10.2.